The molecule has 1 fully saturated rings. The normalized spacial score (nSPS) is 26.3. The predicted molar refractivity (Wildman–Crippen MR) is 60.2 cm³/mol. The highest BCUT2D eigenvalue weighted by Gasteiger charge is 2.49. The molecule has 0 spiro atoms. The summed E-state index contributed by atoms with van der Waals surface area (Å²) in [6.45, 7) is 4.99. The third-order valence-corrected chi connectivity index (χ3v) is 3.30. The number of carbonyl (C=O) groups is 1. The lowest BCUT2D eigenvalue weighted by atomic mass is 9.64. The van der Waals surface area contributed by atoms with Crippen LogP contribution in [0.2, 0.25) is 0 Å². The molecule has 7 heteroatoms. The quantitative estimate of drug-likeness (QED) is 0.820. The minimum absolute atomic E-state index is 0.0374. The highest BCUT2D eigenvalue weighted by atomic mass is 19.4. The Hall–Kier alpha value is -0.980. The Morgan fingerprint density at radius 1 is 1.44 bits per heavy atom. The van der Waals surface area contributed by atoms with E-state index in [0.717, 1.165) is 0 Å². The maximum Gasteiger partial charge on any atom is 0.405 e. The van der Waals surface area contributed by atoms with Crippen LogP contribution in [0, 0.1) is 5.41 Å². The summed E-state index contributed by atoms with van der Waals surface area (Å²) in [5, 5.41) is 4.33. The van der Waals surface area contributed by atoms with Gasteiger partial charge in [0.2, 0.25) is 0 Å². The van der Waals surface area contributed by atoms with Crippen LogP contribution in [0.5, 0.6) is 0 Å². The number of amides is 2. The second-order valence-electron chi connectivity index (χ2n) is 5.00. The largest absolute Gasteiger partial charge is 0.405 e. The Labute approximate surface area is 104 Å². The van der Waals surface area contributed by atoms with Gasteiger partial charge in [0.25, 0.3) is 0 Å². The number of halogens is 3. The SMILES string of the molecule is CCOC1CC(NC(=O)NCC(F)(F)F)C1(C)C. The molecule has 0 radical (unpaired) electrons. The Bertz CT molecular complexity index is 305. The topological polar surface area (TPSA) is 50.4 Å². The van der Waals surface area contributed by atoms with E-state index in [1.165, 1.54) is 0 Å². The van der Waals surface area contributed by atoms with Crippen molar-refractivity contribution in [2.24, 2.45) is 5.41 Å². The molecule has 4 nitrogen and oxygen atoms in total. The summed E-state index contributed by atoms with van der Waals surface area (Å²) in [5.74, 6) is 0. The Morgan fingerprint density at radius 3 is 2.50 bits per heavy atom. The first-order chi connectivity index (χ1) is 8.16. The van der Waals surface area contributed by atoms with Gasteiger partial charge in [-0.05, 0) is 13.3 Å². The number of ether oxygens (including phenoxy) is 1. The molecule has 0 aromatic heterocycles. The van der Waals surface area contributed by atoms with Crippen LogP contribution in [0.25, 0.3) is 0 Å². The number of rotatable bonds is 4. The molecule has 1 aliphatic rings. The molecule has 0 aromatic rings. The first-order valence-corrected chi connectivity index (χ1v) is 5.89. The van der Waals surface area contributed by atoms with Crippen LogP contribution >= 0.6 is 0 Å². The van der Waals surface area contributed by atoms with Crippen LogP contribution in [0.1, 0.15) is 27.2 Å². The molecule has 0 aliphatic heterocycles. The first kappa shape index (κ1) is 15.1. The van der Waals surface area contributed by atoms with Crippen molar-refractivity contribution in [2.75, 3.05) is 13.2 Å². The molecule has 1 aliphatic carbocycles. The predicted octanol–water partition coefficient (Wildman–Crippen LogP) is 2.05. The van der Waals surface area contributed by atoms with Crippen molar-refractivity contribution < 1.29 is 22.7 Å². The smallest absolute Gasteiger partial charge is 0.378 e. The zero-order valence-corrected chi connectivity index (χ0v) is 10.7. The van der Waals surface area contributed by atoms with E-state index in [1.54, 1.807) is 5.32 Å². The summed E-state index contributed by atoms with van der Waals surface area (Å²) in [6, 6.07) is -0.956. The number of hydrogen-bond acceptors (Lipinski definition) is 2. The molecular weight excluding hydrogens is 249 g/mol. The molecular formula is C11H19F3N2O2. The van der Waals surface area contributed by atoms with Gasteiger partial charge in [-0.2, -0.15) is 13.2 Å². The van der Waals surface area contributed by atoms with Crippen LogP contribution in [0.4, 0.5) is 18.0 Å². The lowest BCUT2D eigenvalue weighted by Gasteiger charge is -2.51. The molecule has 0 aromatic carbocycles. The number of alkyl halides is 3. The van der Waals surface area contributed by atoms with Gasteiger partial charge >= 0.3 is 12.2 Å². The van der Waals surface area contributed by atoms with Crippen LogP contribution < -0.4 is 10.6 Å². The van der Waals surface area contributed by atoms with Gasteiger partial charge in [0.1, 0.15) is 6.54 Å². The molecule has 1 rings (SSSR count). The minimum atomic E-state index is -4.39. The Balaban J connectivity index is 2.34. The van der Waals surface area contributed by atoms with Gasteiger partial charge in [-0.1, -0.05) is 13.8 Å². The van der Waals surface area contributed by atoms with E-state index in [2.05, 4.69) is 5.32 Å². The van der Waals surface area contributed by atoms with Gasteiger partial charge < -0.3 is 15.4 Å². The molecule has 2 atom stereocenters. The van der Waals surface area contributed by atoms with E-state index < -0.39 is 18.8 Å². The molecule has 106 valence electrons. The second kappa shape index (κ2) is 5.34. The zero-order valence-electron chi connectivity index (χ0n) is 10.7. The van der Waals surface area contributed by atoms with E-state index in [0.29, 0.717) is 13.0 Å². The van der Waals surface area contributed by atoms with Crippen LogP contribution in [-0.4, -0.2) is 37.5 Å². The van der Waals surface area contributed by atoms with Crippen molar-refractivity contribution in [3.63, 3.8) is 0 Å². The van der Waals surface area contributed by atoms with E-state index in [4.69, 9.17) is 4.74 Å². The summed E-state index contributed by atoms with van der Waals surface area (Å²) in [5.41, 5.74) is -0.258. The lowest BCUT2D eigenvalue weighted by molar-refractivity contribution is -0.124. The molecule has 2 N–H and O–H groups in total. The molecule has 2 unspecified atom stereocenters. The second-order valence-corrected chi connectivity index (χ2v) is 5.00. The van der Waals surface area contributed by atoms with Crippen molar-refractivity contribution in [1.82, 2.24) is 10.6 Å². The summed E-state index contributed by atoms with van der Waals surface area (Å²) in [4.78, 5) is 11.3. The maximum absolute atomic E-state index is 11.9. The van der Waals surface area contributed by atoms with Gasteiger partial charge in [0, 0.05) is 18.1 Å². The van der Waals surface area contributed by atoms with Crippen LogP contribution in [-0.2, 0) is 4.74 Å². The van der Waals surface area contributed by atoms with Crippen molar-refractivity contribution in [3.05, 3.63) is 0 Å². The third-order valence-electron chi connectivity index (χ3n) is 3.30. The number of hydrogen-bond donors (Lipinski definition) is 2. The number of carbonyl (C=O) groups excluding carboxylic acids is 1. The standard InChI is InChI=1S/C11H19F3N2O2/c1-4-18-8-5-7(10(8,2)3)16-9(17)15-6-11(12,13)14/h7-8H,4-6H2,1-3H3,(H2,15,16,17). The molecule has 0 heterocycles. The third kappa shape index (κ3) is 3.76. The summed E-state index contributed by atoms with van der Waals surface area (Å²) < 4.78 is 41.2. The number of nitrogens with one attached hydrogen (secondary N) is 2. The van der Waals surface area contributed by atoms with Gasteiger partial charge in [0.15, 0.2) is 0 Å². The maximum atomic E-state index is 11.9. The molecule has 2 amide bonds. The molecule has 0 saturated heterocycles. The van der Waals surface area contributed by atoms with Crippen LogP contribution in [0.15, 0.2) is 0 Å². The van der Waals surface area contributed by atoms with Crippen molar-refractivity contribution in [1.29, 1.82) is 0 Å². The highest BCUT2D eigenvalue weighted by Crippen LogP contribution is 2.42. The fourth-order valence-electron chi connectivity index (χ4n) is 2.00. The number of urea groups is 1. The molecule has 0 bridgehead atoms. The van der Waals surface area contributed by atoms with E-state index in [9.17, 15) is 18.0 Å². The van der Waals surface area contributed by atoms with Crippen molar-refractivity contribution in [2.45, 2.75) is 45.5 Å². The monoisotopic (exact) mass is 268 g/mol. The fraction of sp³-hybridized carbons (Fsp3) is 0.909. The zero-order chi connectivity index (χ0) is 14.0. The van der Waals surface area contributed by atoms with E-state index in [1.807, 2.05) is 20.8 Å². The minimum Gasteiger partial charge on any atom is -0.378 e. The molecule has 1 saturated carbocycles. The molecule has 18 heavy (non-hydrogen) atoms. The van der Waals surface area contributed by atoms with Gasteiger partial charge in [-0.25, -0.2) is 4.79 Å². The van der Waals surface area contributed by atoms with E-state index >= 15 is 0 Å². The summed E-state index contributed by atoms with van der Waals surface area (Å²) in [6.07, 6.45) is -3.73. The summed E-state index contributed by atoms with van der Waals surface area (Å²) in [7, 11) is 0. The van der Waals surface area contributed by atoms with Crippen molar-refractivity contribution >= 4 is 6.03 Å². The summed E-state index contributed by atoms with van der Waals surface area (Å²) >= 11 is 0. The highest BCUT2D eigenvalue weighted by molar-refractivity contribution is 5.74. The Morgan fingerprint density at radius 2 is 2.06 bits per heavy atom. The first-order valence-electron chi connectivity index (χ1n) is 5.89. The van der Waals surface area contributed by atoms with Gasteiger partial charge in [-0.15, -0.1) is 0 Å². The average molecular weight is 268 g/mol. The lowest BCUT2D eigenvalue weighted by Crippen LogP contribution is -2.63. The Kier molecular flexibility index (Phi) is 4.47. The van der Waals surface area contributed by atoms with Gasteiger partial charge in [-0.3, -0.25) is 0 Å². The fourth-order valence-corrected chi connectivity index (χ4v) is 2.00. The average Bonchev–Trinajstić information content (AvgIpc) is 2.24. The van der Waals surface area contributed by atoms with E-state index in [-0.39, 0.29) is 17.6 Å². The van der Waals surface area contributed by atoms with Gasteiger partial charge in [0.05, 0.1) is 6.10 Å². The van der Waals surface area contributed by atoms with Crippen LogP contribution in [0.3, 0.4) is 0 Å². The van der Waals surface area contributed by atoms with Crippen molar-refractivity contribution in [3.8, 4) is 0 Å².